The number of hydrogen-bond donors (Lipinski definition) is 0. The molecule has 0 radical (unpaired) electrons. The zero-order valence-electron chi connectivity index (χ0n) is 13.2. The highest BCUT2D eigenvalue weighted by molar-refractivity contribution is 5.58. The van der Waals surface area contributed by atoms with Crippen molar-refractivity contribution < 1.29 is 9.47 Å². The highest BCUT2D eigenvalue weighted by Gasteiger charge is 2.18. The summed E-state index contributed by atoms with van der Waals surface area (Å²) in [5, 5.41) is 0. The third-order valence-electron chi connectivity index (χ3n) is 4.13. The number of methoxy groups -OCH3 is 2. The van der Waals surface area contributed by atoms with Crippen molar-refractivity contribution in [3.8, 4) is 11.5 Å². The van der Waals surface area contributed by atoms with E-state index in [-0.39, 0.29) is 0 Å². The van der Waals surface area contributed by atoms with Crippen molar-refractivity contribution in [1.29, 1.82) is 0 Å². The summed E-state index contributed by atoms with van der Waals surface area (Å²) < 4.78 is 10.7. The van der Waals surface area contributed by atoms with Gasteiger partial charge in [0.15, 0.2) is 11.5 Å². The quantitative estimate of drug-likeness (QED) is 0.866. The van der Waals surface area contributed by atoms with Gasteiger partial charge in [-0.15, -0.1) is 0 Å². The van der Waals surface area contributed by atoms with Gasteiger partial charge in [0.1, 0.15) is 0 Å². The van der Waals surface area contributed by atoms with Gasteiger partial charge in [-0.25, -0.2) is 0 Å². The largest absolute Gasteiger partial charge is 0.493 e. The number of nitrogens with zero attached hydrogens (tertiary/aromatic N) is 2. The van der Waals surface area contributed by atoms with Crippen LogP contribution in [-0.2, 0) is 0 Å². The van der Waals surface area contributed by atoms with E-state index in [0.29, 0.717) is 0 Å². The van der Waals surface area contributed by atoms with Crippen molar-refractivity contribution in [2.45, 2.75) is 0 Å². The van der Waals surface area contributed by atoms with Gasteiger partial charge in [0, 0.05) is 43.6 Å². The third kappa shape index (κ3) is 2.96. The fourth-order valence-corrected chi connectivity index (χ4v) is 2.88. The molecule has 0 aliphatic carbocycles. The number of anilines is 2. The molecule has 0 unspecified atom stereocenters. The lowest BCUT2D eigenvalue weighted by molar-refractivity contribution is 0.355. The number of benzene rings is 2. The van der Waals surface area contributed by atoms with Crippen LogP contribution in [0.5, 0.6) is 11.5 Å². The zero-order chi connectivity index (χ0) is 15.4. The summed E-state index contributed by atoms with van der Waals surface area (Å²) in [7, 11) is 3.34. The molecule has 22 heavy (non-hydrogen) atoms. The smallest absolute Gasteiger partial charge is 0.162 e. The van der Waals surface area contributed by atoms with Gasteiger partial charge in [-0.05, 0) is 24.3 Å². The van der Waals surface area contributed by atoms with Crippen molar-refractivity contribution in [3.05, 3.63) is 48.5 Å². The van der Waals surface area contributed by atoms with Gasteiger partial charge in [-0.2, -0.15) is 0 Å². The van der Waals surface area contributed by atoms with E-state index < -0.39 is 0 Å². The summed E-state index contributed by atoms with van der Waals surface area (Å²) in [6.45, 7) is 4.06. The van der Waals surface area contributed by atoms with Crippen LogP contribution in [0.1, 0.15) is 0 Å². The first-order chi connectivity index (χ1) is 10.8. The molecule has 0 spiro atoms. The third-order valence-corrected chi connectivity index (χ3v) is 4.13. The molecule has 0 bridgehead atoms. The molecule has 0 amide bonds. The average Bonchev–Trinajstić information content (AvgIpc) is 2.62. The second kappa shape index (κ2) is 6.60. The van der Waals surface area contributed by atoms with E-state index in [1.807, 2.05) is 6.07 Å². The Bertz CT molecular complexity index is 608. The van der Waals surface area contributed by atoms with Crippen molar-refractivity contribution in [2.24, 2.45) is 0 Å². The first-order valence-electron chi connectivity index (χ1n) is 7.59. The summed E-state index contributed by atoms with van der Waals surface area (Å²) in [4.78, 5) is 4.82. The first-order valence-corrected chi connectivity index (χ1v) is 7.59. The lowest BCUT2D eigenvalue weighted by Crippen LogP contribution is -2.46. The van der Waals surface area contributed by atoms with E-state index in [9.17, 15) is 0 Å². The summed E-state index contributed by atoms with van der Waals surface area (Å²) >= 11 is 0. The molecule has 4 heteroatoms. The molecule has 1 aliphatic rings. The van der Waals surface area contributed by atoms with Gasteiger partial charge in [0.25, 0.3) is 0 Å². The molecule has 0 aromatic heterocycles. The van der Waals surface area contributed by atoms with Gasteiger partial charge in [-0.1, -0.05) is 18.2 Å². The average molecular weight is 298 g/mol. The fourth-order valence-electron chi connectivity index (χ4n) is 2.88. The van der Waals surface area contributed by atoms with E-state index in [1.165, 1.54) is 11.4 Å². The normalized spacial score (nSPS) is 14.8. The molecule has 1 fully saturated rings. The summed E-state index contributed by atoms with van der Waals surface area (Å²) in [5.74, 6) is 1.56. The molecule has 4 nitrogen and oxygen atoms in total. The van der Waals surface area contributed by atoms with Crippen molar-refractivity contribution >= 4 is 11.4 Å². The maximum absolute atomic E-state index is 5.40. The molecule has 1 saturated heterocycles. The Kier molecular flexibility index (Phi) is 4.37. The highest BCUT2D eigenvalue weighted by atomic mass is 16.5. The van der Waals surface area contributed by atoms with Gasteiger partial charge in [0.05, 0.1) is 14.2 Å². The Balaban J connectivity index is 1.69. The lowest BCUT2D eigenvalue weighted by atomic mass is 10.2. The molecule has 116 valence electrons. The van der Waals surface area contributed by atoms with Crippen molar-refractivity contribution in [2.75, 3.05) is 50.2 Å². The Morgan fingerprint density at radius 1 is 0.682 bits per heavy atom. The molecule has 1 heterocycles. The predicted molar refractivity (Wildman–Crippen MR) is 90.4 cm³/mol. The number of ether oxygens (including phenoxy) is 2. The molecule has 0 atom stereocenters. The second-order valence-corrected chi connectivity index (χ2v) is 5.35. The van der Waals surface area contributed by atoms with Crippen LogP contribution < -0.4 is 19.3 Å². The van der Waals surface area contributed by atoms with Crippen LogP contribution in [0.15, 0.2) is 48.5 Å². The predicted octanol–water partition coefficient (Wildman–Crippen LogP) is 3.03. The number of piperazine rings is 1. The van der Waals surface area contributed by atoms with E-state index in [4.69, 9.17) is 9.47 Å². The SMILES string of the molecule is COc1ccc(N2CCN(c3ccccc3)CC2)cc1OC. The van der Waals surface area contributed by atoms with Crippen molar-refractivity contribution in [1.82, 2.24) is 0 Å². The Morgan fingerprint density at radius 3 is 1.86 bits per heavy atom. The minimum atomic E-state index is 0.772. The lowest BCUT2D eigenvalue weighted by Gasteiger charge is -2.37. The molecule has 2 aromatic carbocycles. The molecule has 0 saturated carbocycles. The van der Waals surface area contributed by atoms with E-state index >= 15 is 0 Å². The molecular formula is C18H22N2O2. The van der Waals surface area contributed by atoms with Crippen LogP contribution in [0.25, 0.3) is 0 Å². The van der Waals surface area contributed by atoms with Crippen LogP contribution in [0.2, 0.25) is 0 Å². The van der Waals surface area contributed by atoms with E-state index in [1.54, 1.807) is 14.2 Å². The Labute approximate surface area is 131 Å². The number of hydrogen-bond acceptors (Lipinski definition) is 4. The maximum atomic E-state index is 5.40. The summed E-state index contributed by atoms with van der Waals surface area (Å²) in [6, 6.07) is 16.7. The minimum absolute atomic E-state index is 0.772. The molecule has 1 aliphatic heterocycles. The molecule has 3 rings (SSSR count). The van der Waals surface area contributed by atoms with Gasteiger partial charge in [0.2, 0.25) is 0 Å². The van der Waals surface area contributed by atoms with E-state index in [0.717, 1.165) is 37.7 Å². The van der Waals surface area contributed by atoms with Crippen LogP contribution in [0.4, 0.5) is 11.4 Å². The van der Waals surface area contributed by atoms with Gasteiger partial charge < -0.3 is 19.3 Å². The highest BCUT2D eigenvalue weighted by Crippen LogP contribution is 2.32. The van der Waals surface area contributed by atoms with Crippen LogP contribution >= 0.6 is 0 Å². The first kappa shape index (κ1) is 14.6. The van der Waals surface area contributed by atoms with Crippen LogP contribution in [0.3, 0.4) is 0 Å². The number of para-hydroxylation sites is 1. The van der Waals surface area contributed by atoms with Crippen LogP contribution in [-0.4, -0.2) is 40.4 Å². The van der Waals surface area contributed by atoms with E-state index in [2.05, 4.69) is 52.3 Å². The summed E-state index contributed by atoms with van der Waals surface area (Å²) in [5.41, 5.74) is 2.49. The maximum Gasteiger partial charge on any atom is 0.162 e. The minimum Gasteiger partial charge on any atom is -0.493 e. The fraction of sp³-hybridized carbons (Fsp3) is 0.333. The topological polar surface area (TPSA) is 24.9 Å². The van der Waals surface area contributed by atoms with Gasteiger partial charge in [-0.3, -0.25) is 0 Å². The number of rotatable bonds is 4. The standard InChI is InChI=1S/C18H22N2O2/c1-21-17-9-8-16(14-18(17)22-2)20-12-10-19(11-13-20)15-6-4-3-5-7-15/h3-9,14H,10-13H2,1-2H3. The zero-order valence-corrected chi connectivity index (χ0v) is 13.2. The van der Waals surface area contributed by atoms with Crippen molar-refractivity contribution in [3.63, 3.8) is 0 Å². The molecular weight excluding hydrogens is 276 g/mol. The Hall–Kier alpha value is -2.36. The summed E-state index contributed by atoms with van der Waals surface area (Å²) in [6.07, 6.45) is 0. The molecule has 2 aromatic rings. The Morgan fingerprint density at radius 2 is 1.27 bits per heavy atom. The molecule has 0 N–H and O–H groups in total. The second-order valence-electron chi connectivity index (χ2n) is 5.35. The van der Waals surface area contributed by atoms with Crippen LogP contribution in [0, 0.1) is 0 Å². The van der Waals surface area contributed by atoms with Gasteiger partial charge >= 0.3 is 0 Å². The monoisotopic (exact) mass is 298 g/mol.